The van der Waals surface area contributed by atoms with Crippen LogP contribution in [-0.2, 0) is 16.6 Å². The number of aromatic nitrogens is 1. The number of hydrogen-bond donors (Lipinski definition) is 1. The summed E-state index contributed by atoms with van der Waals surface area (Å²) in [5, 5.41) is 0. The van der Waals surface area contributed by atoms with Crippen LogP contribution < -0.4 is 5.73 Å². The lowest BCUT2D eigenvalue weighted by molar-refractivity contribution is 0.394. The zero-order valence-corrected chi connectivity index (χ0v) is 13.9. The van der Waals surface area contributed by atoms with Gasteiger partial charge in [0.2, 0.25) is 10.0 Å². The summed E-state index contributed by atoms with van der Waals surface area (Å²) in [5.41, 5.74) is 6.57. The molecule has 1 fully saturated rings. The van der Waals surface area contributed by atoms with Crippen LogP contribution in [0.3, 0.4) is 0 Å². The van der Waals surface area contributed by atoms with Crippen molar-refractivity contribution in [3.63, 3.8) is 0 Å². The van der Waals surface area contributed by atoms with Crippen molar-refractivity contribution in [1.82, 2.24) is 8.87 Å². The molecule has 20 heavy (non-hydrogen) atoms. The van der Waals surface area contributed by atoms with E-state index in [1.807, 2.05) is 30.2 Å². The number of nitrogens with zero attached hydrogens (tertiary/aromatic N) is 2. The van der Waals surface area contributed by atoms with Gasteiger partial charge in [0.05, 0.1) is 0 Å². The molecule has 0 aromatic carbocycles. The molecule has 2 rings (SSSR count). The molecule has 0 radical (unpaired) electrons. The molecule has 0 saturated carbocycles. The van der Waals surface area contributed by atoms with Crippen molar-refractivity contribution in [2.24, 2.45) is 5.73 Å². The van der Waals surface area contributed by atoms with Crippen molar-refractivity contribution >= 4 is 21.8 Å². The van der Waals surface area contributed by atoms with Crippen molar-refractivity contribution in [3.8, 4) is 0 Å². The maximum atomic E-state index is 12.7. The van der Waals surface area contributed by atoms with Crippen molar-refractivity contribution in [1.29, 1.82) is 0 Å². The summed E-state index contributed by atoms with van der Waals surface area (Å²) in [4.78, 5) is 0.353. The summed E-state index contributed by atoms with van der Waals surface area (Å²) >= 11 is 1.81. The van der Waals surface area contributed by atoms with Gasteiger partial charge in [-0.05, 0) is 32.1 Å². The second-order valence-corrected chi connectivity index (χ2v) is 8.56. The highest BCUT2D eigenvalue weighted by Gasteiger charge is 2.31. The molecule has 1 unspecified atom stereocenters. The Balaban J connectivity index is 2.33. The third kappa shape index (κ3) is 2.90. The highest BCUT2D eigenvalue weighted by atomic mass is 32.2. The lowest BCUT2D eigenvalue weighted by Crippen LogP contribution is -2.36. The molecule has 2 heterocycles. The van der Waals surface area contributed by atoms with Gasteiger partial charge >= 0.3 is 0 Å². The highest BCUT2D eigenvalue weighted by Crippen LogP contribution is 2.27. The van der Waals surface area contributed by atoms with E-state index < -0.39 is 10.0 Å². The van der Waals surface area contributed by atoms with Crippen LogP contribution in [-0.4, -0.2) is 41.9 Å². The Bertz CT molecular complexity index is 560. The number of hydrogen-bond acceptors (Lipinski definition) is 4. The van der Waals surface area contributed by atoms with Crippen LogP contribution in [0, 0.1) is 0 Å². The minimum absolute atomic E-state index is 0.105. The molecular formula is C13H23N3O2S2. The Kier molecular flexibility index (Phi) is 4.84. The van der Waals surface area contributed by atoms with E-state index in [0.29, 0.717) is 11.4 Å². The highest BCUT2D eigenvalue weighted by molar-refractivity contribution is 7.99. The molecule has 0 aliphatic carbocycles. The van der Waals surface area contributed by atoms with Crippen LogP contribution in [0.25, 0.3) is 0 Å². The Hall–Kier alpha value is -0.500. The second-order valence-electron chi connectivity index (χ2n) is 5.41. The molecule has 1 aromatic rings. The Labute approximate surface area is 125 Å². The third-order valence-corrected chi connectivity index (χ3v) is 6.79. The van der Waals surface area contributed by atoms with Crippen LogP contribution in [0.5, 0.6) is 0 Å². The van der Waals surface area contributed by atoms with Crippen LogP contribution in [0.2, 0.25) is 0 Å². The molecule has 1 atom stereocenters. The standard InChI is InChI=1S/C13H23N3O2S2/c1-10(2)16-8-13(6-12(16)7-14)20(17,18)15(3)11-4-5-19-9-11/h6,8,10-11H,4-5,7,9,14H2,1-3H3. The van der Waals surface area contributed by atoms with E-state index in [2.05, 4.69) is 0 Å². The van der Waals surface area contributed by atoms with Crippen molar-refractivity contribution in [2.75, 3.05) is 18.6 Å². The number of thioether (sulfide) groups is 1. The quantitative estimate of drug-likeness (QED) is 0.896. The first-order valence-corrected chi connectivity index (χ1v) is 9.44. The van der Waals surface area contributed by atoms with Crippen molar-refractivity contribution in [3.05, 3.63) is 18.0 Å². The van der Waals surface area contributed by atoms with Gasteiger partial charge in [-0.3, -0.25) is 0 Å². The summed E-state index contributed by atoms with van der Waals surface area (Å²) in [5.74, 6) is 1.91. The Morgan fingerprint density at radius 1 is 1.55 bits per heavy atom. The zero-order valence-electron chi connectivity index (χ0n) is 12.2. The monoisotopic (exact) mass is 317 g/mol. The molecule has 0 amide bonds. The fourth-order valence-electron chi connectivity index (χ4n) is 2.45. The minimum Gasteiger partial charge on any atom is -0.346 e. The molecule has 0 spiro atoms. The van der Waals surface area contributed by atoms with Crippen LogP contribution >= 0.6 is 11.8 Å². The van der Waals surface area contributed by atoms with Gasteiger partial charge in [0, 0.05) is 43.3 Å². The van der Waals surface area contributed by atoms with E-state index in [4.69, 9.17) is 5.73 Å². The molecule has 7 heteroatoms. The molecule has 1 saturated heterocycles. The molecule has 1 aromatic heterocycles. The van der Waals surface area contributed by atoms with Gasteiger partial charge in [0.1, 0.15) is 4.90 Å². The fourth-order valence-corrected chi connectivity index (χ4v) is 5.25. The van der Waals surface area contributed by atoms with Crippen LogP contribution in [0.4, 0.5) is 0 Å². The smallest absolute Gasteiger partial charge is 0.244 e. The number of rotatable bonds is 5. The first kappa shape index (κ1) is 15.9. The van der Waals surface area contributed by atoms with E-state index in [9.17, 15) is 8.42 Å². The van der Waals surface area contributed by atoms with Crippen LogP contribution in [0.1, 0.15) is 32.0 Å². The second kappa shape index (κ2) is 6.09. The molecule has 114 valence electrons. The molecule has 2 N–H and O–H groups in total. The van der Waals surface area contributed by atoms with Crippen LogP contribution in [0.15, 0.2) is 17.2 Å². The SMILES string of the molecule is CC(C)n1cc(S(=O)(=O)N(C)C2CCSC2)cc1CN. The fraction of sp³-hybridized carbons (Fsp3) is 0.692. The maximum Gasteiger partial charge on any atom is 0.244 e. The van der Waals surface area contributed by atoms with E-state index in [-0.39, 0.29) is 12.1 Å². The summed E-state index contributed by atoms with van der Waals surface area (Å²) in [6.45, 7) is 4.39. The summed E-state index contributed by atoms with van der Waals surface area (Å²) < 4.78 is 28.8. The van der Waals surface area contributed by atoms with Crippen molar-refractivity contribution in [2.45, 2.75) is 43.8 Å². The Morgan fingerprint density at radius 3 is 2.70 bits per heavy atom. The first-order valence-electron chi connectivity index (χ1n) is 6.84. The normalized spacial score (nSPS) is 20.2. The largest absolute Gasteiger partial charge is 0.346 e. The average molecular weight is 317 g/mol. The van der Waals surface area contributed by atoms with Gasteiger partial charge in [-0.2, -0.15) is 16.1 Å². The topological polar surface area (TPSA) is 68.3 Å². The molecule has 5 nitrogen and oxygen atoms in total. The summed E-state index contributed by atoms with van der Waals surface area (Å²) in [6, 6.07) is 2.01. The number of sulfonamides is 1. The molecular weight excluding hydrogens is 294 g/mol. The van der Waals surface area contributed by atoms with E-state index in [0.717, 1.165) is 23.6 Å². The first-order chi connectivity index (χ1) is 9.37. The van der Waals surface area contributed by atoms with E-state index >= 15 is 0 Å². The molecule has 1 aliphatic heterocycles. The molecule has 1 aliphatic rings. The van der Waals surface area contributed by atoms with Gasteiger partial charge in [0.15, 0.2) is 0 Å². The molecule has 0 bridgehead atoms. The lowest BCUT2D eigenvalue weighted by atomic mass is 10.3. The third-order valence-electron chi connectivity index (χ3n) is 3.77. The average Bonchev–Trinajstić information content (AvgIpc) is 3.06. The predicted octanol–water partition coefficient (Wildman–Crippen LogP) is 1.65. The number of nitrogens with two attached hydrogens (primary N) is 1. The van der Waals surface area contributed by atoms with Gasteiger partial charge in [0.25, 0.3) is 0 Å². The van der Waals surface area contributed by atoms with Gasteiger partial charge < -0.3 is 10.3 Å². The predicted molar refractivity (Wildman–Crippen MR) is 83.4 cm³/mol. The summed E-state index contributed by atoms with van der Waals surface area (Å²) in [6.07, 6.45) is 2.63. The Morgan fingerprint density at radius 2 is 2.25 bits per heavy atom. The lowest BCUT2D eigenvalue weighted by Gasteiger charge is -2.22. The summed E-state index contributed by atoms with van der Waals surface area (Å²) in [7, 11) is -1.74. The maximum absolute atomic E-state index is 12.7. The zero-order chi connectivity index (χ0) is 14.9. The van der Waals surface area contributed by atoms with Gasteiger partial charge in [-0.25, -0.2) is 8.42 Å². The van der Waals surface area contributed by atoms with Crippen molar-refractivity contribution < 1.29 is 8.42 Å². The minimum atomic E-state index is -3.42. The van der Waals surface area contributed by atoms with E-state index in [1.54, 1.807) is 19.3 Å². The van der Waals surface area contributed by atoms with E-state index in [1.165, 1.54) is 4.31 Å². The van der Waals surface area contributed by atoms with Gasteiger partial charge in [-0.1, -0.05) is 0 Å². The van der Waals surface area contributed by atoms with Gasteiger partial charge in [-0.15, -0.1) is 0 Å².